The van der Waals surface area contributed by atoms with Crippen LogP contribution in [-0.2, 0) is 35.8 Å². The topological polar surface area (TPSA) is 183 Å². The summed E-state index contributed by atoms with van der Waals surface area (Å²) in [5.41, 5.74) is 6.12. The molecule has 1 saturated carbocycles. The summed E-state index contributed by atoms with van der Waals surface area (Å²) in [6.45, 7) is 13.7. The fourth-order valence-corrected chi connectivity index (χ4v) is 12.1. The molecule has 0 bridgehead atoms. The van der Waals surface area contributed by atoms with E-state index in [0.717, 1.165) is 106 Å². The number of amides is 3. The Bertz CT molecular complexity index is 1680. The van der Waals surface area contributed by atoms with Crippen molar-refractivity contribution in [3.8, 4) is 0 Å². The molecule has 7 rings (SSSR count). The number of hydrogen-bond acceptors (Lipinski definition) is 12. The van der Waals surface area contributed by atoms with E-state index >= 15 is 0 Å². The van der Waals surface area contributed by atoms with Crippen LogP contribution in [0.2, 0.25) is 0 Å². The molecule has 19 heteroatoms. The van der Waals surface area contributed by atoms with Crippen LogP contribution >= 0.6 is 66.8 Å². The molecule has 2 aromatic rings. The number of thiazole rings is 2. The number of aromatic nitrogens is 2. The number of nitrogens with one attached hydrogen (secondary N) is 3. The minimum absolute atomic E-state index is 0.0109. The van der Waals surface area contributed by atoms with Gasteiger partial charge in [0.2, 0.25) is 17.7 Å². The van der Waals surface area contributed by atoms with Crippen molar-refractivity contribution in [2.45, 2.75) is 94.1 Å². The lowest BCUT2D eigenvalue weighted by atomic mass is 9.75. The third kappa shape index (κ3) is 10.8. The van der Waals surface area contributed by atoms with Gasteiger partial charge in [-0.3, -0.25) is 24.0 Å². The molecular formula is C37H53Br2N9O5S3. The van der Waals surface area contributed by atoms with E-state index < -0.39 is 5.41 Å². The molecule has 0 aromatic carbocycles. The van der Waals surface area contributed by atoms with Gasteiger partial charge in [0.15, 0.2) is 26.9 Å². The zero-order valence-electron chi connectivity index (χ0n) is 32.5. The van der Waals surface area contributed by atoms with Gasteiger partial charge in [0.1, 0.15) is 0 Å². The van der Waals surface area contributed by atoms with Crippen molar-refractivity contribution in [1.29, 1.82) is 0 Å². The smallest absolute Gasteiger partial charge is 0.241 e. The number of thiocarbonyl (C=S) groups is 1. The summed E-state index contributed by atoms with van der Waals surface area (Å²) in [4.78, 5) is 76.5. The van der Waals surface area contributed by atoms with Gasteiger partial charge in [-0.2, -0.15) is 0 Å². The van der Waals surface area contributed by atoms with Crippen molar-refractivity contribution < 1.29 is 24.0 Å². The zero-order valence-corrected chi connectivity index (χ0v) is 38.1. The zero-order chi connectivity index (χ0) is 40.8. The van der Waals surface area contributed by atoms with Crippen LogP contribution in [0.1, 0.15) is 93.8 Å². The summed E-state index contributed by atoms with van der Waals surface area (Å²) < 4.78 is 0. The number of nitrogens with zero attached hydrogens (tertiary/aromatic N) is 5. The number of fused-ring (bicyclic) bond motifs is 2. The van der Waals surface area contributed by atoms with Gasteiger partial charge in [0.25, 0.3) is 0 Å². The highest BCUT2D eigenvalue weighted by Gasteiger charge is 2.47. The van der Waals surface area contributed by atoms with Gasteiger partial charge >= 0.3 is 0 Å². The van der Waals surface area contributed by atoms with Crippen molar-refractivity contribution in [3.05, 3.63) is 21.1 Å². The third-order valence-corrected chi connectivity index (χ3v) is 14.4. The molecule has 2 unspecified atom stereocenters. The molecule has 4 fully saturated rings. The number of anilines is 2. The molecule has 2 atom stereocenters. The number of alkyl halides is 2. The average Bonchev–Trinajstić information content (AvgIpc) is 4.00. The van der Waals surface area contributed by atoms with E-state index in [1.807, 2.05) is 14.7 Å². The molecule has 0 radical (unpaired) electrons. The molecule has 5 heterocycles. The maximum Gasteiger partial charge on any atom is 0.241 e. The molecule has 5 N–H and O–H groups in total. The minimum atomic E-state index is -0.833. The Morgan fingerprint density at radius 2 is 1.05 bits per heavy atom. The van der Waals surface area contributed by atoms with Gasteiger partial charge in [0, 0.05) is 55.4 Å². The normalized spacial score (nSPS) is 21.9. The standard InChI is InChI=1S/C22H30N6O2S2.C8H10Br2O2.C7H13N3OS/c1-22(2)18-14(31-20(25-18)23-12-16(29)27-7-3-4-8-27)11-15-19(22)26-21(32-15)24-13-17(30)28-9-5-6-10-28;1-8(2)6(11)4(9)3-5(10)7(8)12;8-7(12)9-5-6(11)10-3-1-2-4-10/h3-13H2,1-2H3,(H,23,25)(H,24,26);4-5H,3H2,1-2H3;1-5H2,(H3,8,9,12). The first-order valence-electron chi connectivity index (χ1n) is 19.2. The van der Waals surface area contributed by atoms with Crippen molar-refractivity contribution >= 4 is 111 Å². The molecule has 14 nitrogen and oxygen atoms in total. The second-order valence-corrected chi connectivity index (χ2v) is 20.4. The second-order valence-electron chi connectivity index (χ2n) is 15.6. The van der Waals surface area contributed by atoms with Crippen LogP contribution in [0.3, 0.4) is 0 Å². The molecule has 3 saturated heterocycles. The number of carbonyl (C=O) groups excluding carboxylic acids is 5. The Balaban J connectivity index is 0.000000205. The molecular weight excluding hydrogens is 906 g/mol. The molecule has 56 heavy (non-hydrogen) atoms. The highest BCUT2D eigenvalue weighted by atomic mass is 79.9. The number of halogens is 2. The first-order valence-corrected chi connectivity index (χ1v) is 23.1. The van der Waals surface area contributed by atoms with Crippen LogP contribution in [0.15, 0.2) is 0 Å². The molecule has 3 amide bonds. The Labute approximate surface area is 359 Å². The summed E-state index contributed by atoms with van der Waals surface area (Å²) in [6.07, 6.45) is 7.98. The number of Topliss-reactive ketones (excluding diaryl/α,β-unsaturated/α-hetero) is 2. The average molecular weight is 960 g/mol. The van der Waals surface area contributed by atoms with Crippen molar-refractivity contribution in [3.63, 3.8) is 0 Å². The number of carbonyl (C=O) groups is 5. The Morgan fingerprint density at radius 3 is 1.41 bits per heavy atom. The maximum atomic E-state index is 12.4. The number of hydrogen-bond donors (Lipinski definition) is 4. The molecule has 2 aromatic heterocycles. The highest BCUT2D eigenvalue weighted by molar-refractivity contribution is 9.10. The molecule has 3 aliphatic heterocycles. The lowest BCUT2D eigenvalue weighted by Gasteiger charge is -2.32. The van der Waals surface area contributed by atoms with Crippen LogP contribution in [0.4, 0.5) is 10.3 Å². The quantitative estimate of drug-likeness (QED) is 0.166. The van der Waals surface area contributed by atoms with E-state index in [0.29, 0.717) is 19.5 Å². The largest absolute Gasteiger partial charge is 0.376 e. The van der Waals surface area contributed by atoms with Crippen LogP contribution in [0, 0.1) is 5.41 Å². The Kier molecular flexibility index (Phi) is 15.3. The van der Waals surface area contributed by atoms with Gasteiger partial charge in [-0.1, -0.05) is 31.9 Å². The summed E-state index contributed by atoms with van der Waals surface area (Å²) in [7, 11) is 0. The molecule has 2 aliphatic carbocycles. The number of nitrogens with two attached hydrogens (primary N) is 1. The van der Waals surface area contributed by atoms with E-state index in [-0.39, 0.29) is 56.0 Å². The first kappa shape index (κ1) is 44.4. The van der Waals surface area contributed by atoms with E-state index in [2.05, 4.69) is 73.9 Å². The first-order chi connectivity index (χ1) is 26.5. The Morgan fingerprint density at radius 1 is 0.696 bits per heavy atom. The van der Waals surface area contributed by atoms with Gasteiger partial charge in [-0.15, -0.1) is 22.7 Å². The lowest BCUT2D eigenvalue weighted by molar-refractivity contribution is -0.140. The summed E-state index contributed by atoms with van der Waals surface area (Å²) >= 11 is 14.4. The fourth-order valence-electron chi connectivity index (χ4n) is 7.33. The maximum absolute atomic E-state index is 12.4. The predicted molar refractivity (Wildman–Crippen MR) is 232 cm³/mol. The van der Waals surface area contributed by atoms with Gasteiger partial charge in [-0.05, 0) is 84.9 Å². The van der Waals surface area contributed by atoms with E-state index in [9.17, 15) is 24.0 Å². The summed E-state index contributed by atoms with van der Waals surface area (Å²) in [5.74, 6) is 0.358. The van der Waals surface area contributed by atoms with E-state index in [4.69, 9.17) is 15.7 Å². The van der Waals surface area contributed by atoms with Crippen molar-refractivity contribution in [2.24, 2.45) is 11.1 Å². The van der Waals surface area contributed by atoms with Crippen LogP contribution in [-0.4, -0.2) is 128 Å². The predicted octanol–water partition coefficient (Wildman–Crippen LogP) is 4.42. The van der Waals surface area contributed by atoms with E-state index in [1.54, 1.807) is 36.5 Å². The third-order valence-electron chi connectivity index (χ3n) is 10.7. The molecule has 0 spiro atoms. The van der Waals surface area contributed by atoms with Gasteiger partial charge < -0.3 is 36.4 Å². The molecule has 308 valence electrons. The van der Waals surface area contributed by atoms with Gasteiger partial charge in [0.05, 0.1) is 51.5 Å². The second kappa shape index (κ2) is 19.3. The van der Waals surface area contributed by atoms with E-state index in [1.165, 1.54) is 9.75 Å². The van der Waals surface area contributed by atoms with Crippen LogP contribution < -0.4 is 21.7 Å². The van der Waals surface area contributed by atoms with Crippen LogP contribution in [0.5, 0.6) is 0 Å². The van der Waals surface area contributed by atoms with Gasteiger partial charge in [-0.25, -0.2) is 9.97 Å². The Hall–Kier alpha value is -2.74. The summed E-state index contributed by atoms with van der Waals surface area (Å²) in [5, 5.41) is 10.9. The monoisotopic (exact) mass is 957 g/mol. The SMILES string of the molecule is CC1(C)C(=O)C(Br)CC(Br)C1=O.CC1(C)c2nc(NCC(=O)N3CCCC3)sc2Cc2sc(NCC(=O)N3CCCC3)nc21.NC(=S)NCC(=O)N1CCCC1. The lowest BCUT2D eigenvalue weighted by Crippen LogP contribution is -2.48. The molecule has 5 aliphatic rings. The number of ketones is 2. The summed E-state index contributed by atoms with van der Waals surface area (Å²) in [6, 6.07) is 0. The number of likely N-dealkylation sites (tertiary alicyclic amines) is 3. The minimum Gasteiger partial charge on any atom is -0.376 e. The fraction of sp³-hybridized carbons (Fsp3) is 0.676. The highest BCUT2D eigenvalue weighted by Crippen LogP contribution is 2.46. The van der Waals surface area contributed by atoms with Crippen molar-refractivity contribution in [2.75, 3.05) is 69.5 Å². The van der Waals surface area contributed by atoms with Crippen molar-refractivity contribution in [1.82, 2.24) is 30.0 Å². The van der Waals surface area contributed by atoms with Crippen LogP contribution in [0.25, 0.3) is 0 Å². The number of rotatable bonds is 8.